The van der Waals surface area contributed by atoms with Crippen LogP contribution in [0.2, 0.25) is 0 Å². The van der Waals surface area contributed by atoms with Gasteiger partial charge in [-0.3, -0.25) is 0 Å². The van der Waals surface area contributed by atoms with E-state index in [2.05, 4.69) is 9.47 Å². The van der Waals surface area contributed by atoms with E-state index in [1.54, 1.807) is 0 Å². The summed E-state index contributed by atoms with van der Waals surface area (Å²) < 4.78 is 89.4. The van der Waals surface area contributed by atoms with Gasteiger partial charge in [-0.15, -0.1) is 0 Å². The SMILES string of the molecule is CC(C)(C)[C@@H]1O[C@@](O)(C(F)(F)F)[C@H](C(C)(C)C)O[C@@]1(O)C(F)(F)F. The van der Waals surface area contributed by atoms with Crippen molar-refractivity contribution in [3.63, 3.8) is 0 Å². The van der Waals surface area contributed by atoms with Crippen molar-refractivity contribution in [1.29, 1.82) is 0 Å². The van der Waals surface area contributed by atoms with E-state index >= 15 is 0 Å². The average Bonchev–Trinajstić information content (AvgIpc) is 2.26. The molecular weight excluding hydrogens is 346 g/mol. The highest BCUT2D eigenvalue weighted by molar-refractivity contribution is 5.05. The van der Waals surface area contributed by atoms with Crippen molar-refractivity contribution >= 4 is 0 Å². The molecule has 1 fully saturated rings. The van der Waals surface area contributed by atoms with Crippen molar-refractivity contribution in [2.75, 3.05) is 0 Å². The van der Waals surface area contributed by atoms with Gasteiger partial charge in [0.2, 0.25) is 0 Å². The minimum absolute atomic E-state index is 1.13. The quantitative estimate of drug-likeness (QED) is 0.644. The topological polar surface area (TPSA) is 58.9 Å². The zero-order chi connectivity index (χ0) is 19.6. The molecule has 24 heavy (non-hydrogen) atoms. The molecule has 0 spiro atoms. The monoisotopic (exact) mass is 368 g/mol. The summed E-state index contributed by atoms with van der Waals surface area (Å²) >= 11 is 0. The zero-order valence-electron chi connectivity index (χ0n) is 14.1. The average molecular weight is 368 g/mol. The Kier molecular flexibility index (Phi) is 4.88. The Morgan fingerprint density at radius 3 is 0.958 bits per heavy atom. The highest BCUT2D eigenvalue weighted by atomic mass is 19.4. The fourth-order valence-corrected chi connectivity index (χ4v) is 2.60. The maximum atomic E-state index is 13.4. The Morgan fingerprint density at radius 1 is 0.625 bits per heavy atom. The van der Waals surface area contributed by atoms with E-state index < -0.39 is 47.0 Å². The van der Waals surface area contributed by atoms with Crippen molar-refractivity contribution in [1.82, 2.24) is 0 Å². The second-order valence-electron chi connectivity index (χ2n) is 8.12. The van der Waals surface area contributed by atoms with Crippen LogP contribution in [0.3, 0.4) is 0 Å². The molecule has 4 atom stereocenters. The Labute approximate surface area is 135 Å². The lowest BCUT2D eigenvalue weighted by atomic mass is 9.77. The first-order valence-corrected chi connectivity index (χ1v) is 7.12. The Hall–Kier alpha value is -0.580. The van der Waals surface area contributed by atoms with Crippen molar-refractivity contribution < 1.29 is 46.0 Å². The molecule has 0 aliphatic carbocycles. The van der Waals surface area contributed by atoms with E-state index in [0.717, 1.165) is 41.5 Å². The Bertz CT molecular complexity index is 432. The molecule has 0 aromatic rings. The van der Waals surface area contributed by atoms with E-state index in [9.17, 15) is 36.6 Å². The highest BCUT2D eigenvalue weighted by Crippen LogP contribution is 2.54. The molecule has 1 rings (SSSR count). The van der Waals surface area contributed by atoms with Crippen LogP contribution in [0, 0.1) is 10.8 Å². The fraction of sp³-hybridized carbons (Fsp3) is 1.00. The summed E-state index contributed by atoms with van der Waals surface area (Å²) in [4.78, 5) is 0. The molecule has 1 aliphatic heterocycles. The van der Waals surface area contributed by atoms with E-state index in [1.165, 1.54) is 0 Å². The summed E-state index contributed by atoms with van der Waals surface area (Å²) in [5, 5.41) is 20.2. The number of rotatable bonds is 0. The van der Waals surface area contributed by atoms with Gasteiger partial charge in [0.05, 0.1) is 0 Å². The first-order valence-electron chi connectivity index (χ1n) is 7.12. The van der Waals surface area contributed by atoms with Gasteiger partial charge in [-0.1, -0.05) is 41.5 Å². The van der Waals surface area contributed by atoms with E-state index in [4.69, 9.17) is 0 Å². The van der Waals surface area contributed by atoms with Gasteiger partial charge in [0.1, 0.15) is 12.2 Å². The van der Waals surface area contributed by atoms with E-state index in [0.29, 0.717) is 0 Å². The molecule has 0 aromatic heterocycles. The fourth-order valence-electron chi connectivity index (χ4n) is 2.60. The number of hydrogen-bond donors (Lipinski definition) is 2. The minimum Gasteiger partial charge on any atom is -0.356 e. The highest BCUT2D eigenvalue weighted by Gasteiger charge is 2.76. The molecule has 0 unspecified atom stereocenters. The lowest BCUT2D eigenvalue weighted by Gasteiger charge is -2.56. The van der Waals surface area contributed by atoms with Gasteiger partial charge in [0.25, 0.3) is 11.6 Å². The van der Waals surface area contributed by atoms with Crippen LogP contribution in [-0.2, 0) is 9.47 Å². The first-order chi connectivity index (χ1) is 10.2. The normalized spacial score (nSPS) is 36.8. The van der Waals surface area contributed by atoms with E-state index in [-0.39, 0.29) is 0 Å². The third-order valence-corrected chi connectivity index (χ3v) is 3.69. The number of aliphatic hydroxyl groups is 2. The van der Waals surface area contributed by atoms with Crippen LogP contribution in [-0.4, -0.2) is 46.3 Å². The molecule has 10 heteroatoms. The first kappa shape index (κ1) is 21.5. The lowest BCUT2D eigenvalue weighted by Crippen LogP contribution is -2.76. The Morgan fingerprint density at radius 2 is 0.833 bits per heavy atom. The summed E-state index contributed by atoms with van der Waals surface area (Å²) in [5.41, 5.74) is -3.27. The molecule has 0 saturated carbocycles. The molecule has 1 aliphatic rings. The molecule has 144 valence electrons. The van der Waals surface area contributed by atoms with Crippen molar-refractivity contribution in [3.8, 4) is 0 Å². The van der Waals surface area contributed by atoms with Gasteiger partial charge in [0, 0.05) is 0 Å². The van der Waals surface area contributed by atoms with Gasteiger partial charge in [0.15, 0.2) is 0 Å². The molecule has 1 saturated heterocycles. The molecule has 0 radical (unpaired) electrons. The second kappa shape index (κ2) is 5.46. The zero-order valence-corrected chi connectivity index (χ0v) is 14.1. The largest absolute Gasteiger partial charge is 0.445 e. The van der Waals surface area contributed by atoms with Crippen LogP contribution in [0.15, 0.2) is 0 Å². The van der Waals surface area contributed by atoms with Crippen molar-refractivity contribution in [2.24, 2.45) is 10.8 Å². The van der Waals surface area contributed by atoms with Crippen molar-refractivity contribution in [3.05, 3.63) is 0 Å². The number of halogens is 6. The maximum absolute atomic E-state index is 13.4. The van der Waals surface area contributed by atoms with Crippen LogP contribution in [0.25, 0.3) is 0 Å². The molecule has 0 amide bonds. The van der Waals surface area contributed by atoms with Crippen molar-refractivity contribution in [2.45, 2.75) is 77.7 Å². The predicted octanol–water partition coefficient (Wildman–Crippen LogP) is 3.36. The summed E-state index contributed by atoms with van der Waals surface area (Å²) in [6.45, 7) is 6.79. The van der Waals surface area contributed by atoms with Gasteiger partial charge in [-0.25, -0.2) is 0 Å². The van der Waals surface area contributed by atoms with Gasteiger partial charge in [-0.05, 0) is 10.8 Å². The standard InChI is InChI=1S/C14H22F6O4/c1-9(2,3)7-11(21,13(15,16)17)24-8(10(4,5)6)12(22,23-7)14(18,19)20/h7-8,21-22H,1-6H3/t7-,8-,11+,12+/m0/s1. The second-order valence-corrected chi connectivity index (χ2v) is 8.12. The van der Waals surface area contributed by atoms with Crippen LogP contribution in [0.4, 0.5) is 26.3 Å². The smallest absolute Gasteiger partial charge is 0.356 e. The Balaban J connectivity index is 3.62. The summed E-state index contributed by atoms with van der Waals surface area (Å²) in [6.07, 6.45) is -15.9. The number of hydrogen-bond acceptors (Lipinski definition) is 4. The predicted molar refractivity (Wildman–Crippen MR) is 70.7 cm³/mol. The van der Waals surface area contributed by atoms with Gasteiger partial charge < -0.3 is 19.7 Å². The molecule has 0 aromatic carbocycles. The summed E-state index contributed by atoms with van der Waals surface area (Å²) in [7, 11) is 0. The van der Waals surface area contributed by atoms with Gasteiger partial charge >= 0.3 is 12.4 Å². The maximum Gasteiger partial charge on any atom is 0.445 e. The molecule has 4 nitrogen and oxygen atoms in total. The molecule has 0 bridgehead atoms. The molecule has 1 heterocycles. The van der Waals surface area contributed by atoms with Crippen LogP contribution < -0.4 is 0 Å². The van der Waals surface area contributed by atoms with Crippen LogP contribution >= 0.6 is 0 Å². The minimum atomic E-state index is -5.44. The van der Waals surface area contributed by atoms with Crippen LogP contribution in [0.1, 0.15) is 41.5 Å². The third-order valence-electron chi connectivity index (χ3n) is 3.69. The lowest BCUT2D eigenvalue weighted by molar-refractivity contribution is -0.534. The number of alkyl halides is 6. The van der Waals surface area contributed by atoms with E-state index in [1.807, 2.05) is 0 Å². The third kappa shape index (κ3) is 3.38. The van der Waals surface area contributed by atoms with Crippen LogP contribution in [0.5, 0.6) is 0 Å². The molecular formula is C14H22F6O4. The number of ether oxygens (including phenoxy) is 2. The molecule has 2 N–H and O–H groups in total. The summed E-state index contributed by atoms with van der Waals surface area (Å²) in [5.74, 6) is -8.03. The van der Waals surface area contributed by atoms with Gasteiger partial charge in [-0.2, -0.15) is 26.3 Å². The summed E-state index contributed by atoms with van der Waals surface area (Å²) in [6, 6.07) is 0.